The lowest BCUT2D eigenvalue weighted by Crippen LogP contribution is -2.37. The third-order valence-corrected chi connectivity index (χ3v) is 2.93. The van der Waals surface area contributed by atoms with Crippen LogP contribution in [-0.4, -0.2) is 25.2 Å². The van der Waals surface area contributed by atoms with Gasteiger partial charge in [0, 0.05) is 0 Å². The van der Waals surface area contributed by atoms with Gasteiger partial charge in [0.05, 0.1) is 0 Å². The maximum absolute atomic E-state index is 9.07. The summed E-state index contributed by atoms with van der Waals surface area (Å²) in [4.78, 5) is 0. The zero-order chi connectivity index (χ0) is 9.68. The van der Waals surface area contributed by atoms with Crippen molar-refractivity contribution in [2.75, 3.05) is 13.1 Å². The van der Waals surface area contributed by atoms with Crippen molar-refractivity contribution in [3.05, 3.63) is 0 Å². The minimum absolute atomic E-state index is 0.377. The maximum atomic E-state index is 9.07. The molecule has 0 amide bonds. The van der Waals surface area contributed by atoms with Crippen LogP contribution in [0.25, 0.3) is 0 Å². The van der Waals surface area contributed by atoms with E-state index in [0.717, 1.165) is 24.9 Å². The summed E-state index contributed by atoms with van der Waals surface area (Å²) in [5, 5.41) is 12.1. The molecule has 0 unspecified atom stereocenters. The van der Waals surface area contributed by atoms with Gasteiger partial charge in [0.25, 0.3) is 0 Å². The summed E-state index contributed by atoms with van der Waals surface area (Å²) in [5.74, 6) is 1.44. The highest BCUT2D eigenvalue weighted by molar-refractivity contribution is 6.45. The SMILES string of the molecule is CB(O)NC[C@H]1CCC[C@H](CN)C1. The molecule has 2 atom stereocenters. The molecular formula is C9H21BN2O. The van der Waals surface area contributed by atoms with Crippen LogP contribution in [-0.2, 0) is 0 Å². The van der Waals surface area contributed by atoms with E-state index in [-0.39, 0.29) is 7.05 Å². The molecule has 0 aliphatic heterocycles. The number of rotatable bonds is 4. The number of hydrogen-bond donors (Lipinski definition) is 3. The number of nitrogens with one attached hydrogen (secondary N) is 1. The van der Waals surface area contributed by atoms with Crippen molar-refractivity contribution in [2.24, 2.45) is 17.6 Å². The van der Waals surface area contributed by atoms with Crippen molar-refractivity contribution >= 4 is 7.05 Å². The first-order valence-corrected chi connectivity index (χ1v) is 5.34. The zero-order valence-corrected chi connectivity index (χ0v) is 8.50. The van der Waals surface area contributed by atoms with Gasteiger partial charge in [-0.1, -0.05) is 6.42 Å². The molecule has 0 spiro atoms. The van der Waals surface area contributed by atoms with Crippen LogP contribution < -0.4 is 11.0 Å². The monoisotopic (exact) mass is 184 g/mol. The molecule has 0 saturated heterocycles. The van der Waals surface area contributed by atoms with Gasteiger partial charge < -0.3 is 16.0 Å². The first-order chi connectivity index (χ1) is 6.22. The molecule has 0 heterocycles. The Hall–Kier alpha value is -0.0551. The first kappa shape index (κ1) is 11.0. The molecule has 4 heteroatoms. The number of hydrogen-bond acceptors (Lipinski definition) is 3. The smallest absolute Gasteiger partial charge is 0.373 e. The Morgan fingerprint density at radius 1 is 1.46 bits per heavy atom. The van der Waals surface area contributed by atoms with E-state index in [2.05, 4.69) is 5.23 Å². The molecule has 4 N–H and O–H groups in total. The van der Waals surface area contributed by atoms with Crippen molar-refractivity contribution in [3.63, 3.8) is 0 Å². The lowest BCUT2D eigenvalue weighted by molar-refractivity contribution is 0.270. The van der Waals surface area contributed by atoms with E-state index >= 15 is 0 Å². The van der Waals surface area contributed by atoms with Crippen LogP contribution >= 0.6 is 0 Å². The molecule has 1 saturated carbocycles. The minimum atomic E-state index is -0.377. The Morgan fingerprint density at radius 3 is 2.77 bits per heavy atom. The van der Waals surface area contributed by atoms with Crippen LogP contribution in [0.4, 0.5) is 0 Å². The summed E-state index contributed by atoms with van der Waals surface area (Å²) in [6.07, 6.45) is 5.11. The highest BCUT2D eigenvalue weighted by Crippen LogP contribution is 2.27. The second kappa shape index (κ2) is 5.63. The Kier molecular flexibility index (Phi) is 4.77. The van der Waals surface area contributed by atoms with Crippen molar-refractivity contribution in [2.45, 2.75) is 32.5 Å². The minimum Gasteiger partial charge on any atom is -0.437 e. The molecule has 13 heavy (non-hydrogen) atoms. The van der Waals surface area contributed by atoms with Gasteiger partial charge in [0.2, 0.25) is 0 Å². The summed E-state index contributed by atoms with van der Waals surface area (Å²) in [5.41, 5.74) is 5.65. The molecular weight excluding hydrogens is 163 g/mol. The van der Waals surface area contributed by atoms with E-state index < -0.39 is 0 Å². The molecule has 3 nitrogen and oxygen atoms in total. The van der Waals surface area contributed by atoms with Gasteiger partial charge in [-0.3, -0.25) is 0 Å². The summed E-state index contributed by atoms with van der Waals surface area (Å²) >= 11 is 0. The fourth-order valence-electron chi connectivity index (χ4n) is 2.14. The van der Waals surface area contributed by atoms with Crippen molar-refractivity contribution < 1.29 is 5.02 Å². The van der Waals surface area contributed by atoms with E-state index in [0.29, 0.717) is 0 Å². The molecule has 1 fully saturated rings. The summed E-state index contributed by atoms with van der Waals surface area (Å²) in [6, 6.07) is 0. The lowest BCUT2D eigenvalue weighted by Gasteiger charge is -2.28. The highest BCUT2D eigenvalue weighted by atomic mass is 16.2. The second-order valence-electron chi connectivity index (χ2n) is 4.22. The van der Waals surface area contributed by atoms with Crippen LogP contribution in [0.5, 0.6) is 0 Å². The second-order valence-corrected chi connectivity index (χ2v) is 4.22. The van der Waals surface area contributed by atoms with Crippen molar-refractivity contribution in [1.82, 2.24) is 5.23 Å². The van der Waals surface area contributed by atoms with Crippen LogP contribution in [0.15, 0.2) is 0 Å². The van der Waals surface area contributed by atoms with Gasteiger partial charge in [0.1, 0.15) is 0 Å². The largest absolute Gasteiger partial charge is 0.437 e. The Morgan fingerprint density at radius 2 is 2.15 bits per heavy atom. The van der Waals surface area contributed by atoms with Gasteiger partial charge in [0.15, 0.2) is 0 Å². The van der Waals surface area contributed by atoms with Gasteiger partial charge in [-0.15, -0.1) is 0 Å². The van der Waals surface area contributed by atoms with E-state index in [4.69, 9.17) is 10.8 Å². The quantitative estimate of drug-likeness (QED) is 0.556. The molecule has 0 aromatic carbocycles. The fraction of sp³-hybridized carbons (Fsp3) is 1.00. The Labute approximate surface area is 81.2 Å². The third-order valence-electron chi connectivity index (χ3n) is 2.93. The predicted octanol–water partition coefficient (Wildman–Crippen LogP) is 0.451. The van der Waals surface area contributed by atoms with E-state index in [1.54, 1.807) is 6.82 Å². The van der Waals surface area contributed by atoms with Crippen molar-refractivity contribution in [1.29, 1.82) is 0 Å². The molecule has 1 aliphatic carbocycles. The average Bonchev–Trinajstić information content (AvgIpc) is 2.15. The zero-order valence-electron chi connectivity index (χ0n) is 8.50. The summed E-state index contributed by atoms with van der Waals surface area (Å²) < 4.78 is 0. The van der Waals surface area contributed by atoms with E-state index in [1.807, 2.05) is 0 Å². The normalized spacial score (nSPS) is 28.8. The van der Waals surface area contributed by atoms with Crippen LogP contribution in [0, 0.1) is 11.8 Å². The highest BCUT2D eigenvalue weighted by Gasteiger charge is 2.21. The van der Waals surface area contributed by atoms with Gasteiger partial charge >= 0.3 is 7.05 Å². The number of nitrogens with two attached hydrogens (primary N) is 1. The maximum Gasteiger partial charge on any atom is 0.373 e. The van der Waals surface area contributed by atoms with Gasteiger partial charge in [-0.05, 0) is 51.0 Å². The molecule has 0 radical (unpaired) electrons. The Bertz CT molecular complexity index is 144. The Balaban J connectivity index is 2.18. The molecule has 1 rings (SSSR count). The topological polar surface area (TPSA) is 58.3 Å². The summed E-state index contributed by atoms with van der Waals surface area (Å²) in [6.45, 7) is 3.53. The van der Waals surface area contributed by atoms with E-state index in [1.165, 1.54) is 25.7 Å². The molecule has 1 aliphatic rings. The summed E-state index contributed by atoms with van der Waals surface area (Å²) in [7, 11) is -0.377. The first-order valence-electron chi connectivity index (χ1n) is 5.34. The molecule has 76 valence electrons. The van der Waals surface area contributed by atoms with Crippen LogP contribution in [0.2, 0.25) is 6.82 Å². The predicted molar refractivity (Wildman–Crippen MR) is 56.3 cm³/mol. The van der Waals surface area contributed by atoms with Gasteiger partial charge in [-0.25, -0.2) is 0 Å². The third kappa shape index (κ3) is 4.11. The fourth-order valence-corrected chi connectivity index (χ4v) is 2.14. The molecule has 0 bridgehead atoms. The molecule has 0 aromatic rings. The molecule has 0 aromatic heterocycles. The lowest BCUT2D eigenvalue weighted by atomic mass is 9.79. The van der Waals surface area contributed by atoms with E-state index in [9.17, 15) is 0 Å². The average molecular weight is 184 g/mol. The van der Waals surface area contributed by atoms with Crippen molar-refractivity contribution in [3.8, 4) is 0 Å². The van der Waals surface area contributed by atoms with Crippen LogP contribution in [0.3, 0.4) is 0 Å². The van der Waals surface area contributed by atoms with Crippen LogP contribution in [0.1, 0.15) is 25.7 Å². The van der Waals surface area contributed by atoms with Gasteiger partial charge in [-0.2, -0.15) is 0 Å². The standard InChI is InChI=1S/C9H21BN2O/c1-10(13)12-7-9-4-2-3-8(5-9)6-11/h8-9,12-13H,2-7,11H2,1H3/t8-,9-/m0/s1.